The summed E-state index contributed by atoms with van der Waals surface area (Å²) >= 11 is 0. The summed E-state index contributed by atoms with van der Waals surface area (Å²) in [5.41, 5.74) is 0. The van der Waals surface area contributed by atoms with Gasteiger partial charge < -0.3 is 14.8 Å². The summed E-state index contributed by atoms with van der Waals surface area (Å²) < 4.78 is 1.91. The summed E-state index contributed by atoms with van der Waals surface area (Å²) in [6.07, 6.45) is 3.02. The van der Waals surface area contributed by atoms with E-state index in [1.807, 2.05) is 11.6 Å². The number of halogens is 1. The molecule has 6 nitrogen and oxygen atoms in total. The molecule has 1 aliphatic rings. The molecule has 0 bridgehead atoms. The predicted molar refractivity (Wildman–Crippen MR) is 95.8 cm³/mol. The summed E-state index contributed by atoms with van der Waals surface area (Å²) in [7, 11) is 1.95. The van der Waals surface area contributed by atoms with Gasteiger partial charge in [-0.2, -0.15) is 0 Å². The second kappa shape index (κ2) is 8.55. The van der Waals surface area contributed by atoms with Gasteiger partial charge in [0.1, 0.15) is 12.9 Å². The second-order valence-electron chi connectivity index (χ2n) is 5.88. The molecule has 120 valence electrons. The monoisotopic (exact) mass is 406 g/mol. The number of aryl methyl sites for hydroxylation is 1. The van der Waals surface area contributed by atoms with E-state index in [1.54, 1.807) is 6.33 Å². The topological polar surface area (TPSA) is 58.3 Å². The summed E-state index contributed by atoms with van der Waals surface area (Å²) in [5, 5.41) is 11.4. The van der Waals surface area contributed by atoms with Crippen LogP contribution in [-0.4, -0.2) is 45.3 Å². The van der Waals surface area contributed by atoms with E-state index in [1.165, 1.54) is 6.42 Å². The number of hydrogen-bond donors (Lipinski definition) is 1. The fourth-order valence-corrected chi connectivity index (χ4v) is 2.86. The molecule has 2 unspecified atom stereocenters. The van der Waals surface area contributed by atoms with E-state index in [-0.39, 0.29) is 24.0 Å². The normalized spacial score (nSPS) is 22.9. The Morgan fingerprint density at radius 1 is 1.38 bits per heavy atom. The minimum absolute atomic E-state index is 0. The summed E-state index contributed by atoms with van der Waals surface area (Å²) in [6.45, 7) is 10.3. The molecule has 1 aromatic heterocycles. The first kappa shape index (κ1) is 18.2. The lowest BCUT2D eigenvalue weighted by atomic mass is 9.92. The van der Waals surface area contributed by atoms with E-state index in [4.69, 9.17) is 4.99 Å². The molecule has 0 radical (unpaired) electrons. The highest BCUT2D eigenvalue weighted by molar-refractivity contribution is 14.0. The van der Waals surface area contributed by atoms with Crippen LogP contribution in [0.3, 0.4) is 0 Å². The Morgan fingerprint density at radius 3 is 2.57 bits per heavy atom. The van der Waals surface area contributed by atoms with Crippen molar-refractivity contribution in [2.24, 2.45) is 23.9 Å². The third kappa shape index (κ3) is 5.12. The van der Waals surface area contributed by atoms with Gasteiger partial charge in [-0.15, -0.1) is 34.2 Å². The molecule has 0 aromatic carbocycles. The van der Waals surface area contributed by atoms with Gasteiger partial charge in [-0.3, -0.25) is 0 Å². The van der Waals surface area contributed by atoms with E-state index in [0.717, 1.165) is 43.3 Å². The van der Waals surface area contributed by atoms with Crippen LogP contribution in [0.5, 0.6) is 0 Å². The number of aromatic nitrogens is 3. The van der Waals surface area contributed by atoms with Crippen LogP contribution in [0.2, 0.25) is 0 Å². The lowest BCUT2D eigenvalue weighted by Crippen LogP contribution is -2.48. The van der Waals surface area contributed by atoms with Gasteiger partial charge in [0.15, 0.2) is 11.8 Å². The fourth-order valence-electron chi connectivity index (χ4n) is 2.86. The standard InChI is InChI=1S/C14H26N6.HI/c1-5-15-14(16-7-13-18-17-10-19(13)4)20-8-11(2)6-12(3)9-20;/h10-12H,5-9H2,1-4H3,(H,15,16);1H. The van der Waals surface area contributed by atoms with Crippen molar-refractivity contribution in [1.29, 1.82) is 0 Å². The second-order valence-corrected chi connectivity index (χ2v) is 5.88. The first-order valence-electron chi connectivity index (χ1n) is 7.46. The van der Waals surface area contributed by atoms with Crippen LogP contribution in [0.1, 0.15) is 33.0 Å². The number of piperidine rings is 1. The molecular weight excluding hydrogens is 379 g/mol. The van der Waals surface area contributed by atoms with Crippen LogP contribution in [0.15, 0.2) is 11.3 Å². The van der Waals surface area contributed by atoms with Crippen LogP contribution in [-0.2, 0) is 13.6 Å². The largest absolute Gasteiger partial charge is 0.357 e. The van der Waals surface area contributed by atoms with Crippen LogP contribution in [0.4, 0.5) is 0 Å². The zero-order valence-electron chi connectivity index (χ0n) is 13.4. The van der Waals surface area contributed by atoms with Crippen molar-refractivity contribution in [3.05, 3.63) is 12.2 Å². The third-order valence-electron chi connectivity index (χ3n) is 3.68. The van der Waals surface area contributed by atoms with Crippen molar-refractivity contribution in [3.63, 3.8) is 0 Å². The number of aliphatic imine (C=N–C) groups is 1. The van der Waals surface area contributed by atoms with Crippen molar-refractivity contribution in [3.8, 4) is 0 Å². The summed E-state index contributed by atoms with van der Waals surface area (Å²) in [6, 6.07) is 0. The number of rotatable bonds is 3. The van der Waals surface area contributed by atoms with E-state index >= 15 is 0 Å². The SMILES string of the molecule is CCNC(=NCc1nncn1C)N1CC(C)CC(C)C1.I. The van der Waals surface area contributed by atoms with Crippen molar-refractivity contribution in [2.45, 2.75) is 33.7 Å². The molecule has 7 heteroatoms. The number of nitrogens with one attached hydrogen (secondary N) is 1. The van der Waals surface area contributed by atoms with Gasteiger partial charge in [0.25, 0.3) is 0 Å². The van der Waals surface area contributed by atoms with Gasteiger partial charge in [-0.25, -0.2) is 4.99 Å². The number of hydrogen-bond acceptors (Lipinski definition) is 3. The van der Waals surface area contributed by atoms with Gasteiger partial charge in [-0.05, 0) is 25.2 Å². The molecule has 0 saturated carbocycles. The number of guanidine groups is 1. The molecule has 21 heavy (non-hydrogen) atoms. The molecule has 1 saturated heterocycles. The van der Waals surface area contributed by atoms with Crippen LogP contribution in [0, 0.1) is 11.8 Å². The van der Waals surface area contributed by atoms with Gasteiger partial charge in [0.05, 0.1) is 0 Å². The number of likely N-dealkylation sites (tertiary alicyclic amines) is 1. The highest BCUT2D eigenvalue weighted by atomic mass is 127. The molecule has 2 atom stereocenters. The Morgan fingerprint density at radius 2 is 2.05 bits per heavy atom. The Hall–Kier alpha value is -0.860. The van der Waals surface area contributed by atoms with Gasteiger partial charge in [-0.1, -0.05) is 13.8 Å². The van der Waals surface area contributed by atoms with E-state index in [2.05, 4.69) is 41.2 Å². The third-order valence-corrected chi connectivity index (χ3v) is 3.68. The Bertz CT molecular complexity index is 448. The van der Waals surface area contributed by atoms with Gasteiger partial charge >= 0.3 is 0 Å². The Labute approximate surface area is 144 Å². The van der Waals surface area contributed by atoms with Crippen molar-refractivity contribution >= 4 is 29.9 Å². The molecule has 2 rings (SSSR count). The molecule has 0 amide bonds. The molecule has 0 aliphatic carbocycles. The lowest BCUT2D eigenvalue weighted by molar-refractivity contribution is 0.208. The molecule has 1 aromatic rings. The maximum absolute atomic E-state index is 4.72. The minimum atomic E-state index is 0. The maximum atomic E-state index is 4.72. The molecule has 0 spiro atoms. The lowest BCUT2D eigenvalue weighted by Gasteiger charge is -2.37. The maximum Gasteiger partial charge on any atom is 0.194 e. The average Bonchev–Trinajstić information content (AvgIpc) is 2.79. The number of nitrogens with zero attached hydrogens (tertiary/aromatic N) is 5. The first-order valence-corrected chi connectivity index (χ1v) is 7.46. The van der Waals surface area contributed by atoms with Crippen LogP contribution >= 0.6 is 24.0 Å². The zero-order chi connectivity index (χ0) is 14.5. The van der Waals surface area contributed by atoms with Gasteiger partial charge in [0.2, 0.25) is 0 Å². The smallest absolute Gasteiger partial charge is 0.194 e. The highest BCUT2D eigenvalue weighted by Gasteiger charge is 2.24. The van der Waals surface area contributed by atoms with Crippen molar-refractivity contribution in [2.75, 3.05) is 19.6 Å². The molecule has 1 fully saturated rings. The van der Waals surface area contributed by atoms with E-state index in [9.17, 15) is 0 Å². The average molecular weight is 406 g/mol. The first-order chi connectivity index (χ1) is 9.60. The predicted octanol–water partition coefficient (Wildman–Crippen LogP) is 1.88. The molecular formula is C14H27IN6. The minimum Gasteiger partial charge on any atom is -0.357 e. The highest BCUT2D eigenvalue weighted by Crippen LogP contribution is 2.20. The molecule has 1 N–H and O–H groups in total. The Kier molecular flexibility index (Phi) is 7.41. The quantitative estimate of drug-likeness (QED) is 0.473. The molecule has 2 heterocycles. The van der Waals surface area contributed by atoms with Crippen molar-refractivity contribution < 1.29 is 0 Å². The van der Waals surface area contributed by atoms with Crippen LogP contribution in [0.25, 0.3) is 0 Å². The van der Waals surface area contributed by atoms with Crippen LogP contribution < -0.4 is 5.32 Å². The Balaban J connectivity index is 0.00000220. The van der Waals surface area contributed by atoms with Crippen molar-refractivity contribution in [1.82, 2.24) is 25.0 Å². The fraction of sp³-hybridized carbons (Fsp3) is 0.786. The van der Waals surface area contributed by atoms with E-state index in [0.29, 0.717) is 6.54 Å². The summed E-state index contributed by atoms with van der Waals surface area (Å²) in [5.74, 6) is 3.32. The van der Waals surface area contributed by atoms with E-state index < -0.39 is 0 Å². The molecule has 1 aliphatic heterocycles. The zero-order valence-corrected chi connectivity index (χ0v) is 15.7. The summed E-state index contributed by atoms with van der Waals surface area (Å²) in [4.78, 5) is 7.09. The van der Waals surface area contributed by atoms with Gasteiger partial charge in [0, 0.05) is 26.7 Å².